The van der Waals surface area contributed by atoms with Crippen molar-refractivity contribution < 1.29 is 23.3 Å². The van der Waals surface area contributed by atoms with Gasteiger partial charge in [-0.3, -0.25) is 14.2 Å². The van der Waals surface area contributed by atoms with E-state index in [0.29, 0.717) is 0 Å². The molecule has 1 unspecified atom stereocenters. The Morgan fingerprint density at radius 3 is 2.50 bits per heavy atom. The Hall–Kier alpha value is -0.460. The zero-order valence-corrected chi connectivity index (χ0v) is 7.20. The van der Waals surface area contributed by atoms with Crippen molar-refractivity contribution in [3.8, 4) is 0 Å². The van der Waals surface area contributed by atoms with Crippen LogP contribution in [0, 0.1) is 0 Å². The van der Waals surface area contributed by atoms with E-state index >= 15 is 0 Å². The minimum Gasteiger partial charge on any atom is -0.370 e. The maximum atomic E-state index is 10.7. The molecule has 0 saturated carbocycles. The van der Waals surface area contributed by atoms with Crippen molar-refractivity contribution >= 4 is 13.8 Å². The van der Waals surface area contributed by atoms with Gasteiger partial charge >= 0.3 is 13.8 Å². The van der Waals surface area contributed by atoms with Crippen molar-refractivity contribution in [2.45, 2.75) is 0 Å². The monoisotopic (exact) mass is 198 g/mol. The second-order valence-corrected chi connectivity index (χ2v) is 3.14. The summed E-state index contributed by atoms with van der Waals surface area (Å²) in [6.07, 6.45) is 0. The normalized spacial score (nSPS) is 15.2. The molecule has 72 valence electrons. The number of rotatable bonds is 5. The van der Waals surface area contributed by atoms with E-state index in [1.54, 1.807) is 0 Å². The summed E-state index contributed by atoms with van der Waals surface area (Å²) < 4.78 is 18.9. The summed E-state index contributed by atoms with van der Waals surface area (Å²) in [5.74, 6) is -1.00. The predicted octanol–water partition coefficient (Wildman–Crippen LogP) is -1.44. The van der Waals surface area contributed by atoms with Gasteiger partial charge in [0.1, 0.15) is 0 Å². The third-order valence-corrected chi connectivity index (χ3v) is 1.70. The van der Waals surface area contributed by atoms with E-state index in [2.05, 4.69) is 9.05 Å². The van der Waals surface area contributed by atoms with Crippen LogP contribution in [0.4, 0.5) is 0 Å². The number of hydrogen-bond donors (Lipinski definition) is 3. The molecule has 0 heterocycles. The van der Waals surface area contributed by atoms with Gasteiger partial charge in [0.25, 0.3) is 0 Å². The first-order chi connectivity index (χ1) is 5.52. The average Bonchev–Trinajstić information content (AvgIpc) is 2.00. The minimum absolute atomic E-state index is 0.0602. The van der Waals surface area contributed by atoms with Gasteiger partial charge in [-0.05, 0) is 0 Å². The molecule has 0 aliphatic heterocycles. The summed E-state index contributed by atoms with van der Waals surface area (Å²) in [6.45, 7) is -0.576. The highest BCUT2D eigenvalue weighted by atomic mass is 31.2. The summed E-state index contributed by atoms with van der Waals surface area (Å²) in [7, 11) is -4.29. The molecule has 7 nitrogen and oxygen atoms in total. The molecule has 0 rings (SSSR count). The Morgan fingerprint density at radius 2 is 2.08 bits per heavy atom. The summed E-state index contributed by atoms with van der Waals surface area (Å²) in [6, 6.07) is 0. The van der Waals surface area contributed by atoms with Crippen LogP contribution in [-0.4, -0.2) is 30.6 Å². The smallest absolute Gasteiger partial charge is 0.370 e. The molecule has 0 radical (unpaired) electrons. The molecule has 0 aromatic rings. The number of phosphoric acid groups is 1. The number of phosphoric ester groups is 1. The maximum absolute atomic E-state index is 10.7. The van der Waals surface area contributed by atoms with E-state index in [-0.39, 0.29) is 13.2 Å². The minimum atomic E-state index is -4.29. The van der Waals surface area contributed by atoms with Crippen LogP contribution in [0.3, 0.4) is 0 Å². The van der Waals surface area contributed by atoms with Gasteiger partial charge < -0.3 is 16.0 Å². The van der Waals surface area contributed by atoms with Crippen LogP contribution in [0.25, 0.3) is 0 Å². The zero-order valence-electron chi connectivity index (χ0n) is 6.30. The Kier molecular flexibility index (Phi) is 5.03. The molecule has 0 aromatic heterocycles. The topological polar surface area (TPSA) is 125 Å². The molecule has 0 fully saturated rings. The lowest BCUT2D eigenvalue weighted by atomic mass is 10.7. The molecule has 0 spiro atoms. The van der Waals surface area contributed by atoms with Gasteiger partial charge in [0.2, 0.25) is 0 Å². The zero-order chi connectivity index (χ0) is 9.61. The van der Waals surface area contributed by atoms with Gasteiger partial charge in [0.15, 0.2) is 0 Å². The fourth-order valence-electron chi connectivity index (χ4n) is 0.360. The van der Waals surface area contributed by atoms with E-state index in [4.69, 9.17) is 16.4 Å². The van der Waals surface area contributed by atoms with E-state index in [1.165, 1.54) is 0 Å². The van der Waals surface area contributed by atoms with Crippen LogP contribution in [0.5, 0.6) is 0 Å². The molecule has 1 atom stereocenters. The summed E-state index contributed by atoms with van der Waals surface area (Å²) in [5, 5.41) is 0. The lowest BCUT2D eigenvalue weighted by molar-refractivity contribution is -0.134. The molecular formula is C4H11N2O5P. The maximum Gasteiger partial charge on any atom is 0.529 e. The Labute approximate surface area is 69.2 Å². The van der Waals surface area contributed by atoms with Crippen molar-refractivity contribution in [3.05, 3.63) is 0 Å². The summed E-state index contributed by atoms with van der Waals surface area (Å²) >= 11 is 0. The van der Waals surface area contributed by atoms with Crippen molar-refractivity contribution in [1.29, 1.82) is 0 Å². The summed E-state index contributed by atoms with van der Waals surface area (Å²) in [4.78, 5) is 19.1. The first-order valence-electron chi connectivity index (χ1n) is 3.11. The van der Waals surface area contributed by atoms with Crippen molar-refractivity contribution in [1.82, 2.24) is 0 Å². The fraction of sp³-hybridized carbons (Fsp3) is 0.750. The van der Waals surface area contributed by atoms with Crippen molar-refractivity contribution in [3.63, 3.8) is 0 Å². The third kappa shape index (κ3) is 5.22. The molecule has 0 bridgehead atoms. The van der Waals surface area contributed by atoms with Gasteiger partial charge in [0, 0.05) is 6.54 Å². The second kappa shape index (κ2) is 5.23. The molecule has 12 heavy (non-hydrogen) atoms. The van der Waals surface area contributed by atoms with Gasteiger partial charge in [-0.2, -0.15) is 0 Å². The van der Waals surface area contributed by atoms with Crippen LogP contribution in [0.2, 0.25) is 0 Å². The number of carbonyl (C=O) groups is 1. The predicted molar refractivity (Wildman–Crippen MR) is 40.0 cm³/mol. The van der Waals surface area contributed by atoms with Crippen LogP contribution in [-0.2, 0) is 18.4 Å². The number of carbonyl (C=O) groups excluding carboxylic acids is 1. The second-order valence-electron chi connectivity index (χ2n) is 1.76. The largest absolute Gasteiger partial charge is 0.529 e. The number of nitrogens with two attached hydrogens (primary N) is 2. The lowest BCUT2D eigenvalue weighted by Crippen LogP contribution is -2.17. The fourth-order valence-corrected chi connectivity index (χ4v) is 1.08. The van der Waals surface area contributed by atoms with E-state index < -0.39 is 20.3 Å². The van der Waals surface area contributed by atoms with Gasteiger partial charge in [-0.25, -0.2) is 4.57 Å². The van der Waals surface area contributed by atoms with Crippen LogP contribution in [0.15, 0.2) is 0 Å². The third-order valence-electron chi connectivity index (χ3n) is 0.756. The van der Waals surface area contributed by atoms with Gasteiger partial charge in [-0.15, -0.1) is 0 Å². The summed E-state index contributed by atoms with van der Waals surface area (Å²) in [5.41, 5.74) is 9.80. The average molecular weight is 198 g/mol. The van der Waals surface area contributed by atoms with Crippen molar-refractivity contribution in [2.75, 3.05) is 19.7 Å². The van der Waals surface area contributed by atoms with Crippen LogP contribution < -0.4 is 11.5 Å². The highest BCUT2D eigenvalue weighted by Crippen LogP contribution is 2.42. The first-order valence-corrected chi connectivity index (χ1v) is 4.61. The number of hydrogen-bond acceptors (Lipinski definition) is 6. The van der Waals surface area contributed by atoms with E-state index in [9.17, 15) is 9.36 Å². The molecular weight excluding hydrogens is 187 g/mol. The molecule has 0 saturated heterocycles. The van der Waals surface area contributed by atoms with E-state index in [1.807, 2.05) is 0 Å². The molecule has 8 heteroatoms. The Morgan fingerprint density at radius 1 is 1.50 bits per heavy atom. The first kappa shape index (κ1) is 11.5. The van der Waals surface area contributed by atoms with Gasteiger partial charge in [-0.1, -0.05) is 0 Å². The molecule has 0 aliphatic rings. The standard InChI is InChI=1S/C4H11N2O5P/c5-1-2-10-12(8,9)11-4(7)3-6/h1-3,5-6H2,(H,8,9). The van der Waals surface area contributed by atoms with E-state index in [0.717, 1.165) is 0 Å². The lowest BCUT2D eigenvalue weighted by Gasteiger charge is -2.09. The molecule has 0 aromatic carbocycles. The van der Waals surface area contributed by atoms with Crippen LogP contribution >= 0.6 is 7.82 Å². The van der Waals surface area contributed by atoms with Crippen LogP contribution in [0.1, 0.15) is 0 Å². The quantitative estimate of drug-likeness (QED) is 0.462. The highest BCUT2D eigenvalue weighted by Gasteiger charge is 2.24. The molecule has 5 N–H and O–H groups in total. The SMILES string of the molecule is NCCOP(=O)(O)OC(=O)CN. The highest BCUT2D eigenvalue weighted by molar-refractivity contribution is 7.48. The molecule has 0 amide bonds. The van der Waals surface area contributed by atoms with Gasteiger partial charge in [0.05, 0.1) is 13.2 Å². The Bertz CT molecular complexity index is 196. The Balaban J connectivity index is 3.87. The van der Waals surface area contributed by atoms with Crippen molar-refractivity contribution in [2.24, 2.45) is 11.5 Å². The molecule has 0 aliphatic carbocycles.